The Labute approximate surface area is 202 Å². The van der Waals surface area contributed by atoms with E-state index in [-0.39, 0.29) is 22.9 Å². The van der Waals surface area contributed by atoms with Gasteiger partial charge in [-0.15, -0.1) is 0 Å². The number of aromatic hydroxyl groups is 1. The number of benzene rings is 1. The van der Waals surface area contributed by atoms with Crippen LogP contribution in [0, 0.1) is 11.8 Å². The molecule has 0 bridgehead atoms. The molecule has 0 radical (unpaired) electrons. The van der Waals surface area contributed by atoms with Gasteiger partial charge in [0.1, 0.15) is 17.0 Å². The number of rotatable bonds is 6. The maximum atomic E-state index is 12.6. The number of hydrogen-bond acceptors (Lipinski definition) is 6. The number of ether oxygens (including phenoxy) is 2. The van der Waals surface area contributed by atoms with Gasteiger partial charge in [0.25, 0.3) is 5.91 Å². The van der Waals surface area contributed by atoms with Gasteiger partial charge in [-0.05, 0) is 91.2 Å². The lowest BCUT2D eigenvalue weighted by molar-refractivity contribution is 0.0511. The molecule has 0 aromatic heterocycles. The third-order valence-corrected chi connectivity index (χ3v) is 5.28. The van der Waals surface area contributed by atoms with Crippen LogP contribution >= 0.6 is 0 Å². The van der Waals surface area contributed by atoms with Crippen molar-refractivity contribution in [1.82, 2.24) is 10.6 Å². The molecule has 9 heteroatoms. The van der Waals surface area contributed by atoms with E-state index in [0.717, 1.165) is 25.7 Å². The van der Waals surface area contributed by atoms with Crippen LogP contribution in [0.4, 0.5) is 15.3 Å². The minimum absolute atomic E-state index is 0.128. The van der Waals surface area contributed by atoms with Gasteiger partial charge in [-0.25, -0.2) is 9.59 Å². The van der Waals surface area contributed by atoms with Crippen molar-refractivity contribution in [2.45, 2.75) is 78.4 Å². The lowest BCUT2D eigenvalue weighted by Gasteiger charge is -2.29. The molecule has 0 spiro atoms. The molecule has 0 aliphatic heterocycles. The molecule has 1 saturated carbocycles. The molecule has 3 amide bonds. The average molecular weight is 478 g/mol. The molecule has 0 saturated heterocycles. The van der Waals surface area contributed by atoms with Crippen molar-refractivity contribution >= 4 is 23.8 Å². The third kappa shape index (κ3) is 10.3. The van der Waals surface area contributed by atoms with E-state index in [4.69, 9.17) is 9.47 Å². The van der Waals surface area contributed by atoms with Crippen molar-refractivity contribution in [2.24, 2.45) is 11.8 Å². The standard InChI is InChI=1S/C25H39N3O6/c1-24(2,3)33-22(31)27-15-17-9-7-16(8-10-17)14-26-21(30)18-11-19(13-20(29)12-18)28-23(32)34-25(4,5)6/h11-13,16-17,29H,7-10,14-15H2,1-6H3,(H,26,30)(H,27,31)(H,28,32). The quantitative estimate of drug-likeness (QED) is 0.466. The Balaban J connectivity index is 1.78. The smallest absolute Gasteiger partial charge is 0.412 e. The van der Waals surface area contributed by atoms with E-state index in [0.29, 0.717) is 24.9 Å². The SMILES string of the molecule is CC(C)(C)OC(=O)NCC1CCC(CNC(=O)c2cc(O)cc(NC(=O)OC(C)(C)C)c2)CC1. The highest BCUT2D eigenvalue weighted by Gasteiger charge is 2.24. The molecule has 190 valence electrons. The number of hydrogen-bond donors (Lipinski definition) is 4. The average Bonchev–Trinajstić information content (AvgIpc) is 2.68. The summed E-state index contributed by atoms with van der Waals surface area (Å²) in [7, 11) is 0. The summed E-state index contributed by atoms with van der Waals surface area (Å²) in [5.41, 5.74) is -0.646. The largest absolute Gasteiger partial charge is 0.508 e. The molecule has 34 heavy (non-hydrogen) atoms. The zero-order chi connectivity index (χ0) is 25.5. The fourth-order valence-corrected chi connectivity index (χ4v) is 3.76. The van der Waals surface area contributed by atoms with E-state index in [1.165, 1.54) is 18.2 Å². The van der Waals surface area contributed by atoms with Crippen LogP contribution in [0.5, 0.6) is 5.75 Å². The summed E-state index contributed by atoms with van der Waals surface area (Å²) in [6, 6.07) is 4.21. The van der Waals surface area contributed by atoms with Gasteiger partial charge in [-0.2, -0.15) is 0 Å². The summed E-state index contributed by atoms with van der Waals surface area (Å²) < 4.78 is 10.5. The van der Waals surface area contributed by atoms with Gasteiger partial charge in [-0.1, -0.05) is 0 Å². The molecule has 1 aliphatic rings. The maximum Gasteiger partial charge on any atom is 0.412 e. The Morgan fingerprint density at radius 3 is 1.85 bits per heavy atom. The summed E-state index contributed by atoms with van der Waals surface area (Å²) in [6.07, 6.45) is 2.77. The Morgan fingerprint density at radius 1 is 0.824 bits per heavy atom. The van der Waals surface area contributed by atoms with Gasteiger partial charge >= 0.3 is 12.2 Å². The zero-order valence-corrected chi connectivity index (χ0v) is 21.1. The van der Waals surface area contributed by atoms with Crippen molar-refractivity contribution in [3.8, 4) is 5.75 Å². The molecular weight excluding hydrogens is 438 g/mol. The number of carbonyl (C=O) groups excluding carboxylic acids is 3. The lowest BCUT2D eigenvalue weighted by Crippen LogP contribution is -2.37. The van der Waals surface area contributed by atoms with Crippen molar-refractivity contribution in [3.63, 3.8) is 0 Å². The summed E-state index contributed by atoms with van der Waals surface area (Å²) in [4.78, 5) is 36.4. The molecule has 1 aliphatic carbocycles. The number of carbonyl (C=O) groups is 3. The fraction of sp³-hybridized carbons (Fsp3) is 0.640. The van der Waals surface area contributed by atoms with E-state index in [9.17, 15) is 19.5 Å². The minimum Gasteiger partial charge on any atom is -0.508 e. The molecule has 9 nitrogen and oxygen atoms in total. The second kappa shape index (κ2) is 11.4. The molecule has 1 aromatic rings. The first kappa shape index (κ1) is 27.3. The lowest BCUT2D eigenvalue weighted by atomic mass is 9.82. The summed E-state index contributed by atoms with van der Waals surface area (Å²) in [5.74, 6) is 0.291. The maximum absolute atomic E-state index is 12.6. The van der Waals surface area contributed by atoms with Crippen molar-refractivity contribution in [1.29, 1.82) is 0 Å². The number of anilines is 1. The van der Waals surface area contributed by atoms with E-state index >= 15 is 0 Å². The second-order valence-corrected chi connectivity index (χ2v) is 10.9. The monoisotopic (exact) mass is 477 g/mol. The fourth-order valence-electron chi connectivity index (χ4n) is 3.76. The van der Waals surface area contributed by atoms with E-state index in [2.05, 4.69) is 16.0 Å². The summed E-state index contributed by atoms with van der Waals surface area (Å²) in [5, 5.41) is 18.3. The molecule has 0 atom stereocenters. The van der Waals surface area contributed by atoms with Gasteiger partial charge in [0.15, 0.2) is 0 Å². The number of phenols is 1. The minimum atomic E-state index is -0.664. The van der Waals surface area contributed by atoms with Crippen molar-refractivity contribution < 1.29 is 29.0 Å². The summed E-state index contributed by atoms with van der Waals surface area (Å²) in [6.45, 7) is 11.9. The van der Waals surface area contributed by atoms with Crippen LogP contribution in [0.2, 0.25) is 0 Å². The number of amides is 3. The van der Waals surface area contributed by atoms with Gasteiger partial charge in [-0.3, -0.25) is 10.1 Å². The van der Waals surface area contributed by atoms with Gasteiger partial charge in [0, 0.05) is 30.4 Å². The second-order valence-electron chi connectivity index (χ2n) is 10.9. The molecule has 0 unspecified atom stereocenters. The predicted octanol–water partition coefficient (Wildman–Crippen LogP) is 4.80. The van der Waals surface area contributed by atoms with E-state index in [1.807, 2.05) is 20.8 Å². The van der Waals surface area contributed by atoms with Crippen molar-refractivity contribution in [2.75, 3.05) is 18.4 Å². The highest BCUT2D eigenvalue weighted by Crippen LogP contribution is 2.28. The first-order chi connectivity index (χ1) is 15.7. The first-order valence-corrected chi connectivity index (χ1v) is 11.8. The molecular formula is C25H39N3O6. The Kier molecular flexibility index (Phi) is 9.18. The normalized spacial score (nSPS) is 18.5. The van der Waals surface area contributed by atoms with E-state index in [1.54, 1.807) is 20.8 Å². The number of alkyl carbamates (subject to hydrolysis) is 1. The van der Waals surface area contributed by atoms with Crippen LogP contribution in [0.15, 0.2) is 18.2 Å². The van der Waals surface area contributed by atoms with Gasteiger partial charge in [0.05, 0.1) is 0 Å². The van der Waals surface area contributed by atoms with Crippen molar-refractivity contribution in [3.05, 3.63) is 23.8 Å². The Bertz CT molecular complexity index is 864. The van der Waals surface area contributed by atoms with Crippen LogP contribution in [0.1, 0.15) is 77.6 Å². The number of phenolic OH excluding ortho intramolecular Hbond substituents is 1. The molecule has 1 aromatic carbocycles. The molecule has 0 heterocycles. The summed E-state index contributed by atoms with van der Waals surface area (Å²) >= 11 is 0. The Hall–Kier alpha value is -2.97. The van der Waals surface area contributed by atoms with Crippen LogP contribution in [0.3, 0.4) is 0 Å². The highest BCUT2D eigenvalue weighted by atomic mass is 16.6. The third-order valence-electron chi connectivity index (χ3n) is 5.28. The molecule has 4 N–H and O–H groups in total. The highest BCUT2D eigenvalue weighted by molar-refractivity contribution is 5.96. The Morgan fingerprint density at radius 2 is 1.32 bits per heavy atom. The van der Waals surface area contributed by atoms with Crippen LogP contribution < -0.4 is 16.0 Å². The first-order valence-electron chi connectivity index (χ1n) is 11.8. The molecule has 1 fully saturated rings. The zero-order valence-electron chi connectivity index (χ0n) is 21.1. The topological polar surface area (TPSA) is 126 Å². The number of nitrogens with one attached hydrogen (secondary N) is 3. The molecule has 2 rings (SSSR count). The van der Waals surface area contributed by atoms with Gasteiger partial charge < -0.3 is 25.2 Å². The van der Waals surface area contributed by atoms with Crippen LogP contribution in [-0.4, -0.2) is 47.5 Å². The van der Waals surface area contributed by atoms with E-state index < -0.39 is 23.4 Å². The van der Waals surface area contributed by atoms with Gasteiger partial charge in [0.2, 0.25) is 0 Å². The predicted molar refractivity (Wildman–Crippen MR) is 130 cm³/mol. The van der Waals surface area contributed by atoms with Crippen LogP contribution in [-0.2, 0) is 9.47 Å². The van der Waals surface area contributed by atoms with Crippen LogP contribution in [0.25, 0.3) is 0 Å².